The van der Waals surface area contributed by atoms with Gasteiger partial charge in [-0.2, -0.15) is 0 Å². The molecule has 1 heterocycles. The molecular formula is C12H12N4O2. The molecule has 18 heavy (non-hydrogen) atoms. The van der Waals surface area contributed by atoms with Crippen LogP contribution >= 0.6 is 0 Å². The fourth-order valence-electron chi connectivity index (χ4n) is 1.50. The van der Waals surface area contributed by atoms with E-state index >= 15 is 0 Å². The van der Waals surface area contributed by atoms with E-state index in [0.717, 1.165) is 11.3 Å². The van der Waals surface area contributed by atoms with E-state index in [-0.39, 0.29) is 11.4 Å². The molecule has 6 nitrogen and oxygen atoms in total. The summed E-state index contributed by atoms with van der Waals surface area (Å²) in [5, 5.41) is 11.9. The summed E-state index contributed by atoms with van der Waals surface area (Å²) in [4.78, 5) is 18.6. The highest BCUT2D eigenvalue weighted by atomic mass is 16.4. The van der Waals surface area contributed by atoms with Crippen molar-refractivity contribution in [3.63, 3.8) is 0 Å². The van der Waals surface area contributed by atoms with Gasteiger partial charge in [0.2, 0.25) is 0 Å². The molecule has 0 saturated heterocycles. The number of aromatic carboxylic acids is 1. The first-order chi connectivity index (χ1) is 8.70. The minimum Gasteiger partial charge on any atom is -0.477 e. The minimum absolute atomic E-state index is 0.0238. The molecule has 0 saturated carbocycles. The number of hydrogen-bond donors (Lipinski definition) is 3. The Kier molecular flexibility index (Phi) is 3.49. The smallest absolute Gasteiger partial charge is 0.341 e. The lowest BCUT2D eigenvalue weighted by Crippen LogP contribution is -2.06. The topological polar surface area (TPSA) is 101 Å². The van der Waals surface area contributed by atoms with Gasteiger partial charge in [-0.3, -0.25) is 0 Å². The molecule has 1 aromatic carbocycles. The highest BCUT2D eigenvalue weighted by Gasteiger charge is 2.11. The molecule has 0 fully saturated rings. The molecule has 0 amide bonds. The quantitative estimate of drug-likeness (QED) is 0.751. The summed E-state index contributed by atoms with van der Waals surface area (Å²) >= 11 is 0. The number of hydrogen-bond acceptors (Lipinski definition) is 5. The summed E-state index contributed by atoms with van der Waals surface area (Å²) in [7, 11) is 0. The van der Waals surface area contributed by atoms with E-state index < -0.39 is 5.97 Å². The number of rotatable bonds is 4. The van der Waals surface area contributed by atoms with Crippen molar-refractivity contribution in [3.8, 4) is 0 Å². The van der Waals surface area contributed by atoms with Gasteiger partial charge in [0.1, 0.15) is 17.7 Å². The molecular weight excluding hydrogens is 232 g/mol. The zero-order valence-electron chi connectivity index (χ0n) is 9.50. The third-order valence-corrected chi connectivity index (χ3v) is 2.37. The summed E-state index contributed by atoms with van der Waals surface area (Å²) in [5.41, 5.74) is 7.25. The van der Waals surface area contributed by atoms with Gasteiger partial charge in [-0.05, 0) is 17.7 Å². The Bertz CT molecular complexity index is 572. The number of nitrogens with one attached hydrogen (secondary N) is 1. The van der Waals surface area contributed by atoms with E-state index in [1.165, 1.54) is 12.5 Å². The lowest BCUT2D eigenvalue weighted by atomic mass is 10.2. The summed E-state index contributed by atoms with van der Waals surface area (Å²) < 4.78 is 0. The maximum Gasteiger partial charge on any atom is 0.341 e. The first kappa shape index (κ1) is 12.0. The molecule has 0 bridgehead atoms. The van der Waals surface area contributed by atoms with Gasteiger partial charge in [0, 0.05) is 18.4 Å². The molecule has 2 aromatic rings. The predicted molar refractivity (Wildman–Crippen MR) is 66.6 cm³/mol. The van der Waals surface area contributed by atoms with E-state index in [0.29, 0.717) is 6.54 Å². The molecule has 0 aliphatic carbocycles. The van der Waals surface area contributed by atoms with Gasteiger partial charge >= 0.3 is 5.97 Å². The number of carbonyl (C=O) groups is 1. The summed E-state index contributed by atoms with van der Waals surface area (Å²) in [5.74, 6) is -0.820. The maximum absolute atomic E-state index is 11.0. The summed E-state index contributed by atoms with van der Waals surface area (Å²) in [6.07, 6.45) is 2.55. The Morgan fingerprint density at radius 2 is 2.28 bits per heavy atom. The SMILES string of the molecule is NCc1cccc(Nc2ncncc2C(=O)O)c1. The van der Waals surface area contributed by atoms with Crippen molar-refractivity contribution in [1.82, 2.24) is 9.97 Å². The lowest BCUT2D eigenvalue weighted by molar-refractivity contribution is 0.0697. The Labute approximate surface area is 104 Å². The third kappa shape index (κ3) is 2.61. The first-order valence-electron chi connectivity index (χ1n) is 5.30. The first-order valence-corrected chi connectivity index (χ1v) is 5.30. The van der Waals surface area contributed by atoms with Crippen molar-refractivity contribution >= 4 is 17.5 Å². The highest BCUT2D eigenvalue weighted by molar-refractivity contribution is 5.93. The van der Waals surface area contributed by atoms with Crippen LogP contribution in [0.2, 0.25) is 0 Å². The van der Waals surface area contributed by atoms with E-state index in [1.807, 2.05) is 24.3 Å². The highest BCUT2D eigenvalue weighted by Crippen LogP contribution is 2.18. The standard InChI is InChI=1S/C12H12N4O2/c13-5-8-2-1-3-9(4-8)16-11-10(12(17)18)6-14-7-15-11/h1-4,6-7H,5,13H2,(H,17,18)(H,14,15,16). The van der Waals surface area contributed by atoms with Crippen molar-refractivity contribution in [2.75, 3.05) is 5.32 Å². The molecule has 0 aliphatic rings. The molecule has 92 valence electrons. The number of carboxylic acid groups (broad SMARTS) is 1. The number of anilines is 2. The van der Waals surface area contributed by atoms with E-state index in [2.05, 4.69) is 15.3 Å². The van der Waals surface area contributed by atoms with Gasteiger partial charge < -0.3 is 16.2 Å². The van der Waals surface area contributed by atoms with E-state index in [9.17, 15) is 4.79 Å². The number of nitrogens with two attached hydrogens (primary N) is 1. The Balaban J connectivity index is 2.31. The average molecular weight is 244 g/mol. The second kappa shape index (κ2) is 5.24. The van der Waals surface area contributed by atoms with Gasteiger partial charge in [-0.25, -0.2) is 14.8 Å². The Morgan fingerprint density at radius 1 is 1.44 bits per heavy atom. The molecule has 0 radical (unpaired) electrons. The van der Waals surface area contributed by atoms with Crippen LogP contribution in [-0.2, 0) is 6.54 Å². The molecule has 0 aliphatic heterocycles. The fraction of sp³-hybridized carbons (Fsp3) is 0.0833. The van der Waals surface area contributed by atoms with Crippen molar-refractivity contribution in [3.05, 3.63) is 47.9 Å². The normalized spacial score (nSPS) is 10.1. The van der Waals surface area contributed by atoms with Crippen LogP contribution in [0.3, 0.4) is 0 Å². The van der Waals surface area contributed by atoms with E-state index in [1.54, 1.807) is 0 Å². The van der Waals surface area contributed by atoms with Crippen molar-refractivity contribution in [2.24, 2.45) is 5.73 Å². The average Bonchev–Trinajstić information content (AvgIpc) is 2.39. The van der Waals surface area contributed by atoms with Gasteiger partial charge in [-0.15, -0.1) is 0 Å². The molecule has 0 atom stereocenters. The second-order valence-corrected chi connectivity index (χ2v) is 3.62. The molecule has 2 rings (SSSR count). The number of aromatic nitrogens is 2. The van der Waals surface area contributed by atoms with Gasteiger partial charge in [0.25, 0.3) is 0 Å². The maximum atomic E-state index is 11.0. The Hall–Kier alpha value is -2.47. The minimum atomic E-state index is -1.08. The summed E-state index contributed by atoms with van der Waals surface area (Å²) in [6, 6.07) is 7.38. The number of carboxylic acids is 1. The van der Waals surface area contributed by atoms with Gasteiger partial charge in [0.15, 0.2) is 0 Å². The molecule has 0 unspecified atom stereocenters. The molecule has 0 spiro atoms. The molecule has 6 heteroatoms. The Morgan fingerprint density at radius 3 is 3.00 bits per heavy atom. The lowest BCUT2D eigenvalue weighted by Gasteiger charge is -2.08. The summed E-state index contributed by atoms with van der Waals surface area (Å²) in [6.45, 7) is 0.422. The van der Waals surface area contributed by atoms with Crippen LogP contribution in [0.15, 0.2) is 36.8 Å². The predicted octanol–water partition coefficient (Wildman–Crippen LogP) is 1.38. The van der Waals surface area contributed by atoms with Crippen molar-refractivity contribution in [1.29, 1.82) is 0 Å². The number of nitrogens with zero attached hydrogens (tertiary/aromatic N) is 2. The fourth-order valence-corrected chi connectivity index (χ4v) is 1.50. The third-order valence-electron chi connectivity index (χ3n) is 2.37. The molecule has 4 N–H and O–H groups in total. The van der Waals surface area contributed by atoms with Crippen LogP contribution < -0.4 is 11.1 Å². The van der Waals surface area contributed by atoms with Crippen LogP contribution in [0.5, 0.6) is 0 Å². The van der Waals surface area contributed by atoms with Crippen LogP contribution in [-0.4, -0.2) is 21.0 Å². The van der Waals surface area contributed by atoms with Crippen molar-refractivity contribution < 1.29 is 9.90 Å². The van der Waals surface area contributed by atoms with Crippen LogP contribution in [0, 0.1) is 0 Å². The second-order valence-electron chi connectivity index (χ2n) is 3.62. The zero-order valence-corrected chi connectivity index (χ0v) is 9.50. The molecule has 1 aromatic heterocycles. The van der Waals surface area contributed by atoms with E-state index in [4.69, 9.17) is 10.8 Å². The van der Waals surface area contributed by atoms with Crippen molar-refractivity contribution in [2.45, 2.75) is 6.54 Å². The largest absolute Gasteiger partial charge is 0.477 e. The van der Waals surface area contributed by atoms with Crippen LogP contribution in [0.4, 0.5) is 11.5 Å². The van der Waals surface area contributed by atoms with Crippen LogP contribution in [0.1, 0.15) is 15.9 Å². The van der Waals surface area contributed by atoms with Gasteiger partial charge in [-0.1, -0.05) is 12.1 Å². The van der Waals surface area contributed by atoms with Crippen LogP contribution in [0.25, 0.3) is 0 Å². The number of benzene rings is 1. The zero-order chi connectivity index (χ0) is 13.0. The van der Waals surface area contributed by atoms with Gasteiger partial charge in [0.05, 0.1) is 0 Å². The monoisotopic (exact) mass is 244 g/mol.